The van der Waals surface area contributed by atoms with Crippen molar-refractivity contribution in [3.8, 4) is 0 Å². The first-order valence-electron chi connectivity index (χ1n) is 6.27. The van der Waals surface area contributed by atoms with Crippen molar-refractivity contribution >= 4 is 0 Å². The average molecular weight is 235 g/mol. The van der Waals surface area contributed by atoms with Gasteiger partial charge in [-0.25, -0.2) is 0 Å². The Morgan fingerprint density at radius 3 is 2.88 bits per heavy atom. The van der Waals surface area contributed by atoms with E-state index < -0.39 is 0 Å². The highest BCUT2D eigenvalue weighted by Gasteiger charge is 2.16. The average Bonchev–Trinajstić information content (AvgIpc) is 2.40. The van der Waals surface area contributed by atoms with Gasteiger partial charge in [-0.2, -0.15) is 0 Å². The van der Waals surface area contributed by atoms with Crippen LogP contribution in [-0.4, -0.2) is 49.3 Å². The summed E-state index contributed by atoms with van der Waals surface area (Å²) in [4.78, 5) is 6.59. The van der Waals surface area contributed by atoms with Crippen LogP contribution in [0.3, 0.4) is 0 Å². The lowest BCUT2D eigenvalue weighted by Crippen LogP contribution is -2.41. The molecule has 2 heterocycles. The van der Waals surface area contributed by atoms with E-state index in [0.717, 1.165) is 45.8 Å². The molecular weight excluding hydrogens is 214 g/mol. The second kappa shape index (κ2) is 6.69. The van der Waals surface area contributed by atoms with Crippen LogP contribution >= 0.6 is 0 Å². The lowest BCUT2D eigenvalue weighted by atomic mass is 10.00. The molecule has 2 N–H and O–H groups in total. The van der Waals surface area contributed by atoms with Crippen molar-refractivity contribution < 1.29 is 4.74 Å². The normalized spacial score (nSPS) is 19.1. The fourth-order valence-corrected chi connectivity index (χ4v) is 2.22. The number of nitrogens with two attached hydrogens (primary N) is 1. The zero-order valence-corrected chi connectivity index (χ0v) is 10.2. The standard InChI is InChI=1S/C13H21N3O/c14-9-13(8-12-2-1-3-15-10-12)11-16-4-6-17-7-5-16/h1-3,10,13H,4-9,11,14H2. The summed E-state index contributed by atoms with van der Waals surface area (Å²) in [5.41, 5.74) is 7.13. The second-order valence-electron chi connectivity index (χ2n) is 4.58. The molecule has 1 aromatic rings. The molecule has 0 saturated carbocycles. The summed E-state index contributed by atoms with van der Waals surface area (Å²) >= 11 is 0. The van der Waals surface area contributed by atoms with E-state index in [1.165, 1.54) is 5.56 Å². The Balaban J connectivity index is 1.83. The maximum atomic E-state index is 5.86. The lowest BCUT2D eigenvalue weighted by molar-refractivity contribution is 0.0312. The van der Waals surface area contributed by atoms with Gasteiger partial charge in [-0.05, 0) is 30.5 Å². The van der Waals surface area contributed by atoms with Gasteiger partial charge in [0.25, 0.3) is 0 Å². The van der Waals surface area contributed by atoms with Crippen LogP contribution in [-0.2, 0) is 11.2 Å². The molecule has 1 atom stereocenters. The number of nitrogens with zero attached hydrogens (tertiary/aromatic N) is 2. The van der Waals surface area contributed by atoms with Crippen LogP contribution in [0.2, 0.25) is 0 Å². The Morgan fingerprint density at radius 1 is 1.41 bits per heavy atom. The summed E-state index contributed by atoms with van der Waals surface area (Å²) in [5.74, 6) is 0.511. The fraction of sp³-hybridized carbons (Fsp3) is 0.615. The van der Waals surface area contributed by atoms with E-state index in [-0.39, 0.29) is 0 Å². The number of hydrogen-bond acceptors (Lipinski definition) is 4. The quantitative estimate of drug-likeness (QED) is 0.809. The molecule has 1 aromatic heterocycles. The SMILES string of the molecule is NCC(Cc1cccnc1)CN1CCOCC1. The Bertz CT molecular complexity index is 312. The van der Waals surface area contributed by atoms with Gasteiger partial charge in [0, 0.05) is 32.0 Å². The highest BCUT2D eigenvalue weighted by atomic mass is 16.5. The minimum Gasteiger partial charge on any atom is -0.379 e. The molecule has 17 heavy (non-hydrogen) atoms. The summed E-state index contributed by atoms with van der Waals surface area (Å²) in [7, 11) is 0. The first-order chi connectivity index (χ1) is 8.38. The van der Waals surface area contributed by atoms with Gasteiger partial charge < -0.3 is 10.5 Å². The third-order valence-corrected chi connectivity index (χ3v) is 3.20. The molecule has 1 unspecified atom stereocenters. The smallest absolute Gasteiger partial charge is 0.0594 e. The highest BCUT2D eigenvalue weighted by molar-refractivity contribution is 5.09. The number of morpholine rings is 1. The van der Waals surface area contributed by atoms with Crippen molar-refractivity contribution in [2.24, 2.45) is 11.7 Å². The fourth-order valence-electron chi connectivity index (χ4n) is 2.22. The predicted molar refractivity (Wildman–Crippen MR) is 67.7 cm³/mol. The predicted octanol–water partition coefficient (Wildman–Crippen LogP) is 0.531. The van der Waals surface area contributed by atoms with Crippen LogP contribution < -0.4 is 5.73 Å². The van der Waals surface area contributed by atoms with Gasteiger partial charge >= 0.3 is 0 Å². The van der Waals surface area contributed by atoms with E-state index in [0.29, 0.717) is 5.92 Å². The molecule has 1 fully saturated rings. The first-order valence-corrected chi connectivity index (χ1v) is 6.27. The molecule has 4 heteroatoms. The second-order valence-corrected chi connectivity index (χ2v) is 4.58. The van der Waals surface area contributed by atoms with Crippen LogP contribution in [0.5, 0.6) is 0 Å². The maximum Gasteiger partial charge on any atom is 0.0594 e. The summed E-state index contributed by atoms with van der Waals surface area (Å²) < 4.78 is 5.35. The van der Waals surface area contributed by atoms with E-state index in [1.54, 1.807) is 0 Å². The summed E-state index contributed by atoms with van der Waals surface area (Å²) in [6.07, 6.45) is 4.76. The zero-order valence-electron chi connectivity index (χ0n) is 10.2. The van der Waals surface area contributed by atoms with Crippen LogP contribution in [0.1, 0.15) is 5.56 Å². The zero-order chi connectivity index (χ0) is 11.9. The number of aromatic nitrogens is 1. The van der Waals surface area contributed by atoms with Crippen molar-refractivity contribution in [1.82, 2.24) is 9.88 Å². The van der Waals surface area contributed by atoms with E-state index in [2.05, 4.69) is 16.0 Å². The Morgan fingerprint density at radius 2 is 2.24 bits per heavy atom. The Labute approximate surface area is 103 Å². The molecule has 0 aromatic carbocycles. The molecule has 0 bridgehead atoms. The molecular formula is C13H21N3O. The van der Waals surface area contributed by atoms with Crippen LogP contribution in [0, 0.1) is 5.92 Å². The molecule has 94 valence electrons. The van der Waals surface area contributed by atoms with Crippen molar-refractivity contribution in [3.05, 3.63) is 30.1 Å². The monoisotopic (exact) mass is 235 g/mol. The molecule has 0 aliphatic carbocycles. The van der Waals surface area contributed by atoms with Gasteiger partial charge in [-0.1, -0.05) is 6.07 Å². The molecule has 0 amide bonds. The van der Waals surface area contributed by atoms with E-state index in [4.69, 9.17) is 10.5 Å². The minimum absolute atomic E-state index is 0.511. The van der Waals surface area contributed by atoms with Crippen molar-refractivity contribution in [2.45, 2.75) is 6.42 Å². The molecule has 1 aliphatic rings. The summed E-state index contributed by atoms with van der Waals surface area (Å²) in [5, 5.41) is 0. The van der Waals surface area contributed by atoms with Gasteiger partial charge in [0.05, 0.1) is 13.2 Å². The highest BCUT2D eigenvalue weighted by Crippen LogP contribution is 2.09. The topological polar surface area (TPSA) is 51.4 Å². The van der Waals surface area contributed by atoms with Gasteiger partial charge in [-0.15, -0.1) is 0 Å². The largest absolute Gasteiger partial charge is 0.379 e. The Kier molecular flexibility index (Phi) is 4.91. The van der Waals surface area contributed by atoms with E-state index in [1.807, 2.05) is 18.5 Å². The third-order valence-electron chi connectivity index (χ3n) is 3.20. The molecule has 1 saturated heterocycles. The van der Waals surface area contributed by atoms with Gasteiger partial charge in [-0.3, -0.25) is 9.88 Å². The number of rotatable bonds is 5. The van der Waals surface area contributed by atoms with Crippen molar-refractivity contribution in [2.75, 3.05) is 39.4 Å². The van der Waals surface area contributed by atoms with Gasteiger partial charge in [0.1, 0.15) is 0 Å². The minimum atomic E-state index is 0.511. The van der Waals surface area contributed by atoms with Crippen molar-refractivity contribution in [1.29, 1.82) is 0 Å². The molecule has 1 aliphatic heterocycles. The number of hydrogen-bond donors (Lipinski definition) is 1. The van der Waals surface area contributed by atoms with Gasteiger partial charge in [0.2, 0.25) is 0 Å². The third kappa shape index (κ3) is 4.07. The maximum absolute atomic E-state index is 5.86. The summed E-state index contributed by atoms with van der Waals surface area (Å²) in [6, 6.07) is 4.10. The first kappa shape index (κ1) is 12.5. The number of ether oxygens (including phenoxy) is 1. The van der Waals surface area contributed by atoms with Gasteiger partial charge in [0.15, 0.2) is 0 Å². The van der Waals surface area contributed by atoms with Crippen LogP contribution in [0.4, 0.5) is 0 Å². The molecule has 0 radical (unpaired) electrons. The Hall–Kier alpha value is -0.970. The van der Waals surface area contributed by atoms with E-state index >= 15 is 0 Å². The molecule has 4 nitrogen and oxygen atoms in total. The number of pyridine rings is 1. The summed E-state index contributed by atoms with van der Waals surface area (Å²) in [6.45, 7) is 5.56. The lowest BCUT2D eigenvalue weighted by Gasteiger charge is -2.30. The van der Waals surface area contributed by atoms with Crippen LogP contribution in [0.15, 0.2) is 24.5 Å². The molecule has 2 rings (SSSR count). The molecule has 0 spiro atoms. The van der Waals surface area contributed by atoms with E-state index in [9.17, 15) is 0 Å². The van der Waals surface area contributed by atoms with Crippen LogP contribution in [0.25, 0.3) is 0 Å². The van der Waals surface area contributed by atoms with Crippen molar-refractivity contribution in [3.63, 3.8) is 0 Å².